The van der Waals surface area contributed by atoms with E-state index in [0.29, 0.717) is 6.04 Å². The van der Waals surface area contributed by atoms with Crippen LogP contribution in [0.15, 0.2) is 24.3 Å². The summed E-state index contributed by atoms with van der Waals surface area (Å²) in [7, 11) is 0. The first-order valence-corrected chi connectivity index (χ1v) is 6.14. The molecule has 90 valence electrons. The summed E-state index contributed by atoms with van der Waals surface area (Å²) in [5.41, 5.74) is 8.54. The number of aryl methyl sites for hydroxylation is 1. The van der Waals surface area contributed by atoms with Crippen molar-refractivity contribution < 1.29 is 0 Å². The Morgan fingerprint density at radius 1 is 1.25 bits per heavy atom. The first kappa shape index (κ1) is 13.0. The van der Waals surface area contributed by atoms with Crippen LogP contribution in [0.1, 0.15) is 32.8 Å². The zero-order valence-corrected chi connectivity index (χ0v) is 10.9. The van der Waals surface area contributed by atoms with Gasteiger partial charge < -0.3 is 10.6 Å². The molecule has 1 aromatic carbocycles. The van der Waals surface area contributed by atoms with Crippen LogP contribution in [0, 0.1) is 6.92 Å². The summed E-state index contributed by atoms with van der Waals surface area (Å²) in [6.07, 6.45) is 1.03. The molecule has 2 heteroatoms. The molecule has 1 aromatic rings. The Balaban J connectivity index is 2.86. The minimum absolute atomic E-state index is 0.257. The van der Waals surface area contributed by atoms with E-state index < -0.39 is 0 Å². The van der Waals surface area contributed by atoms with Gasteiger partial charge in [0, 0.05) is 24.3 Å². The van der Waals surface area contributed by atoms with E-state index in [1.54, 1.807) is 0 Å². The third-order valence-electron chi connectivity index (χ3n) is 3.01. The van der Waals surface area contributed by atoms with Gasteiger partial charge in [0.15, 0.2) is 0 Å². The van der Waals surface area contributed by atoms with Crippen LogP contribution in [0.4, 0.5) is 5.69 Å². The SMILES string of the molecule is CCN(c1ccccc1C)C(C)CC(C)N. The highest BCUT2D eigenvalue weighted by molar-refractivity contribution is 5.53. The van der Waals surface area contributed by atoms with Gasteiger partial charge in [-0.05, 0) is 45.7 Å². The van der Waals surface area contributed by atoms with Gasteiger partial charge >= 0.3 is 0 Å². The number of hydrogen-bond donors (Lipinski definition) is 1. The van der Waals surface area contributed by atoms with Gasteiger partial charge in [-0.2, -0.15) is 0 Å². The van der Waals surface area contributed by atoms with Crippen LogP contribution >= 0.6 is 0 Å². The average Bonchev–Trinajstić information content (AvgIpc) is 2.20. The summed E-state index contributed by atoms with van der Waals surface area (Å²) in [5.74, 6) is 0. The molecule has 2 unspecified atom stereocenters. The molecule has 0 spiro atoms. The molecule has 0 bridgehead atoms. The van der Waals surface area contributed by atoms with Crippen molar-refractivity contribution in [2.45, 2.75) is 46.2 Å². The zero-order chi connectivity index (χ0) is 12.1. The first-order valence-electron chi connectivity index (χ1n) is 6.14. The largest absolute Gasteiger partial charge is 0.369 e. The first-order chi connectivity index (χ1) is 7.56. The molecule has 2 N–H and O–H groups in total. The van der Waals surface area contributed by atoms with E-state index in [1.807, 2.05) is 0 Å². The average molecular weight is 220 g/mol. The number of benzene rings is 1. The van der Waals surface area contributed by atoms with Crippen LogP contribution in [0.3, 0.4) is 0 Å². The van der Waals surface area contributed by atoms with E-state index in [2.05, 4.69) is 56.9 Å². The summed E-state index contributed by atoms with van der Waals surface area (Å²) >= 11 is 0. The Morgan fingerprint density at radius 3 is 2.38 bits per heavy atom. The topological polar surface area (TPSA) is 29.3 Å². The Bertz CT molecular complexity index is 320. The second-order valence-electron chi connectivity index (χ2n) is 4.63. The van der Waals surface area contributed by atoms with E-state index in [9.17, 15) is 0 Å². The van der Waals surface area contributed by atoms with Gasteiger partial charge in [0.2, 0.25) is 0 Å². The van der Waals surface area contributed by atoms with Crippen molar-refractivity contribution in [1.29, 1.82) is 0 Å². The third kappa shape index (κ3) is 3.24. The summed E-state index contributed by atoms with van der Waals surface area (Å²) < 4.78 is 0. The fourth-order valence-corrected chi connectivity index (χ4v) is 2.27. The van der Waals surface area contributed by atoms with Gasteiger partial charge in [-0.1, -0.05) is 18.2 Å². The standard InChI is InChI=1S/C14H24N2/c1-5-16(13(4)10-12(3)15)14-9-7-6-8-11(14)2/h6-9,12-13H,5,10,15H2,1-4H3. The molecule has 0 fully saturated rings. The van der Waals surface area contributed by atoms with Crippen LogP contribution in [0.25, 0.3) is 0 Å². The van der Waals surface area contributed by atoms with E-state index in [0.717, 1.165) is 13.0 Å². The molecule has 0 aliphatic carbocycles. The summed E-state index contributed by atoms with van der Waals surface area (Å²) in [4.78, 5) is 2.43. The van der Waals surface area contributed by atoms with Crippen LogP contribution in [-0.2, 0) is 0 Å². The molecule has 0 radical (unpaired) electrons. The second-order valence-corrected chi connectivity index (χ2v) is 4.63. The summed E-state index contributed by atoms with van der Waals surface area (Å²) in [6, 6.07) is 9.29. The van der Waals surface area contributed by atoms with E-state index in [4.69, 9.17) is 5.73 Å². The number of para-hydroxylation sites is 1. The van der Waals surface area contributed by atoms with Gasteiger partial charge in [-0.25, -0.2) is 0 Å². The fourth-order valence-electron chi connectivity index (χ4n) is 2.27. The number of hydrogen-bond acceptors (Lipinski definition) is 2. The van der Waals surface area contributed by atoms with E-state index >= 15 is 0 Å². The highest BCUT2D eigenvalue weighted by atomic mass is 15.2. The maximum Gasteiger partial charge on any atom is 0.0398 e. The molecule has 0 amide bonds. The van der Waals surface area contributed by atoms with Crippen LogP contribution in [-0.4, -0.2) is 18.6 Å². The molecule has 0 saturated carbocycles. The minimum atomic E-state index is 0.257. The van der Waals surface area contributed by atoms with Crippen molar-refractivity contribution >= 4 is 5.69 Å². The van der Waals surface area contributed by atoms with Gasteiger partial charge in [-0.3, -0.25) is 0 Å². The lowest BCUT2D eigenvalue weighted by Crippen LogP contribution is -2.37. The molecule has 0 aromatic heterocycles. The predicted octanol–water partition coefficient (Wildman–Crippen LogP) is 2.95. The molecule has 2 atom stereocenters. The number of rotatable bonds is 5. The van der Waals surface area contributed by atoms with E-state index in [1.165, 1.54) is 11.3 Å². The van der Waals surface area contributed by atoms with Gasteiger partial charge in [-0.15, -0.1) is 0 Å². The van der Waals surface area contributed by atoms with Crippen molar-refractivity contribution in [3.05, 3.63) is 29.8 Å². The highest BCUT2D eigenvalue weighted by Gasteiger charge is 2.15. The normalized spacial score (nSPS) is 14.6. The maximum atomic E-state index is 5.88. The van der Waals surface area contributed by atoms with Crippen molar-refractivity contribution in [1.82, 2.24) is 0 Å². The van der Waals surface area contributed by atoms with E-state index in [-0.39, 0.29) is 6.04 Å². The van der Waals surface area contributed by atoms with Crippen LogP contribution in [0.2, 0.25) is 0 Å². The quantitative estimate of drug-likeness (QED) is 0.826. The molecule has 0 heterocycles. The molecule has 0 aliphatic rings. The highest BCUT2D eigenvalue weighted by Crippen LogP contribution is 2.22. The molecule has 16 heavy (non-hydrogen) atoms. The lowest BCUT2D eigenvalue weighted by atomic mass is 10.1. The van der Waals surface area contributed by atoms with Crippen LogP contribution in [0.5, 0.6) is 0 Å². The monoisotopic (exact) mass is 220 g/mol. The second kappa shape index (κ2) is 5.90. The molecule has 0 aliphatic heterocycles. The van der Waals surface area contributed by atoms with Gasteiger partial charge in [0.25, 0.3) is 0 Å². The van der Waals surface area contributed by atoms with Gasteiger partial charge in [0.05, 0.1) is 0 Å². The third-order valence-corrected chi connectivity index (χ3v) is 3.01. The molecular formula is C14H24N2. The smallest absolute Gasteiger partial charge is 0.0398 e. The molecule has 2 nitrogen and oxygen atoms in total. The number of nitrogens with two attached hydrogens (primary N) is 1. The number of nitrogens with zero attached hydrogens (tertiary/aromatic N) is 1. The zero-order valence-electron chi connectivity index (χ0n) is 10.9. The predicted molar refractivity (Wildman–Crippen MR) is 71.9 cm³/mol. The Kier molecular flexibility index (Phi) is 4.81. The van der Waals surface area contributed by atoms with Crippen molar-refractivity contribution in [3.63, 3.8) is 0 Å². The maximum absolute atomic E-state index is 5.88. The summed E-state index contributed by atoms with van der Waals surface area (Å²) in [5, 5.41) is 0. The molecular weight excluding hydrogens is 196 g/mol. The molecule has 1 rings (SSSR count). The van der Waals surface area contributed by atoms with Crippen molar-refractivity contribution in [3.8, 4) is 0 Å². The van der Waals surface area contributed by atoms with Crippen molar-refractivity contribution in [2.24, 2.45) is 5.73 Å². The van der Waals surface area contributed by atoms with Gasteiger partial charge in [0.1, 0.15) is 0 Å². The lowest BCUT2D eigenvalue weighted by molar-refractivity contribution is 0.540. The summed E-state index contributed by atoms with van der Waals surface area (Å²) in [6.45, 7) is 9.71. The minimum Gasteiger partial charge on any atom is -0.369 e. The van der Waals surface area contributed by atoms with Crippen LogP contribution < -0.4 is 10.6 Å². The Hall–Kier alpha value is -1.02. The molecule has 0 saturated heterocycles. The number of anilines is 1. The lowest BCUT2D eigenvalue weighted by Gasteiger charge is -2.32. The fraction of sp³-hybridized carbons (Fsp3) is 0.571. The Labute approximate surface area is 99.5 Å². The van der Waals surface area contributed by atoms with Crippen molar-refractivity contribution in [2.75, 3.05) is 11.4 Å². The Morgan fingerprint density at radius 2 is 1.88 bits per heavy atom.